The first kappa shape index (κ1) is 27.1. The van der Waals surface area contributed by atoms with E-state index in [0.717, 1.165) is 18.4 Å². The number of amides is 1. The van der Waals surface area contributed by atoms with Gasteiger partial charge in [-0.05, 0) is 47.9 Å². The van der Waals surface area contributed by atoms with Crippen molar-refractivity contribution in [2.75, 3.05) is 46.0 Å². The molecule has 1 amide bonds. The molecule has 3 rings (SSSR count). The summed E-state index contributed by atoms with van der Waals surface area (Å²) in [6.07, 6.45) is 0.557. The zero-order valence-electron chi connectivity index (χ0n) is 20.9. The second-order valence-corrected chi connectivity index (χ2v) is 9.57. The van der Waals surface area contributed by atoms with Gasteiger partial charge in [-0.2, -0.15) is 0 Å². The molecule has 0 radical (unpaired) electrons. The van der Waals surface area contributed by atoms with Gasteiger partial charge < -0.3 is 29.9 Å². The van der Waals surface area contributed by atoms with Crippen LogP contribution in [0.25, 0.3) is 0 Å². The van der Waals surface area contributed by atoms with Crippen LogP contribution >= 0.6 is 0 Å². The largest absolute Gasteiger partial charge is 0.484 e. The third-order valence-corrected chi connectivity index (χ3v) is 6.63. The SMILES string of the molecule is CC(Cc1ccccc1)C(O)CNCC(O)C(C)Cc1ccc(OCC(=O)N2CCOCC2)cc1. The standard InChI is InChI=1S/C28H40N2O5/c1-21(16-23-6-4-3-5-7-23)26(31)18-29-19-27(32)22(2)17-24-8-10-25(11-9-24)35-20-28(33)30-12-14-34-15-13-30/h3-11,21-22,26-27,29,31-32H,12-20H2,1-2H3. The Hall–Kier alpha value is -2.45. The van der Waals surface area contributed by atoms with Crippen LogP contribution in [0.15, 0.2) is 54.6 Å². The normalized spacial score (nSPS) is 17.4. The number of ether oxygens (including phenoxy) is 2. The molecule has 0 saturated carbocycles. The lowest BCUT2D eigenvalue weighted by molar-refractivity contribution is -0.137. The van der Waals surface area contributed by atoms with Crippen LogP contribution in [0.1, 0.15) is 25.0 Å². The van der Waals surface area contributed by atoms with Crippen molar-refractivity contribution >= 4 is 5.91 Å². The highest BCUT2D eigenvalue weighted by atomic mass is 16.5. The molecule has 1 aliphatic rings. The summed E-state index contributed by atoms with van der Waals surface area (Å²) in [5.41, 5.74) is 2.31. The smallest absolute Gasteiger partial charge is 0.260 e. The lowest BCUT2D eigenvalue weighted by Gasteiger charge is -2.26. The quantitative estimate of drug-likeness (QED) is 0.404. The molecular formula is C28H40N2O5. The van der Waals surface area contributed by atoms with Crippen molar-refractivity contribution < 1.29 is 24.5 Å². The van der Waals surface area contributed by atoms with Crippen LogP contribution in [0.5, 0.6) is 5.75 Å². The molecular weight excluding hydrogens is 444 g/mol. The predicted molar refractivity (Wildman–Crippen MR) is 136 cm³/mol. The van der Waals surface area contributed by atoms with Crippen LogP contribution in [0.3, 0.4) is 0 Å². The number of nitrogens with one attached hydrogen (secondary N) is 1. The number of benzene rings is 2. The van der Waals surface area contributed by atoms with Gasteiger partial charge in [-0.25, -0.2) is 0 Å². The van der Waals surface area contributed by atoms with E-state index >= 15 is 0 Å². The lowest BCUT2D eigenvalue weighted by atomic mass is 9.94. The van der Waals surface area contributed by atoms with Gasteiger partial charge in [0.1, 0.15) is 5.75 Å². The van der Waals surface area contributed by atoms with Gasteiger partial charge in [0.25, 0.3) is 5.91 Å². The maximum Gasteiger partial charge on any atom is 0.260 e. The third-order valence-electron chi connectivity index (χ3n) is 6.63. The first-order valence-corrected chi connectivity index (χ1v) is 12.6. The van der Waals surface area contributed by atoms with Gasteiger partial charge in [0.05, 0.1) is 25.4 Å². The first-order chi connectivity index (χ1) is 16.9. The summed E-state index contributed by atoms with van der Waals surface area (Å²) in [7, 11) is 0. The molecule has 1 fully saturated rings. The maximum absolute atomic E-state index is 12.2. The van der Waals surface area contributed by atoms with E-state index < -0.39 is 12.2 Å². The second kappa shape index (κ2) is 14.2. The van der Waals surface area contributed by atoms with Crippen molar-refractivity contribution in [1.82, 2.24) is 10.2 Å². The Bertz CT molecular complexity index is 871. The lowest BCUT2D eigenvalue weighted by Crippen LogP contribution is -2.42. The Morgan fingerprint density at radius 1 is 0.914 bits per heavy atom. The minimum Gasteiger partial charge on any atom is -0.484 e. The van der Waals surface area contributed by atoms with Crippen molar-refractivity contribution in [2.45, 2.75) is 38.9 Å². The number of aliphatic hydroxyl groups is 2. The van der Waals surface area contributed by atoms with E-state index in [0.29, 0.717) is 45.1 Å². The van der Waals surface area contributed by atoms with Crippen molar-refractivity contribution in [3.63, 3.8) is 0 Å². The summed E-state index contributed by atoms with van der Waals surface area (Å²) in [6.45, 7) is 7.35. The average molecular weight is 485 g/mol. The minimum atomic E-state index is -0.520. The Kier molecular flexibility index (Phi) is 11.0. The van der Waals surface area contributed by atoms with Crippen LogP contribution in [0.2, 0.25) is 0 Å². The summed E-state index contributed by atoms with van der Waals surface area (Å²) in [6, 6.07) is 17.8. The summed E-state index contributed by atoms with van der Waals surface area (Å²) in [5.74, 6) is 0.811. The molecule has 1 aliphatic heterocycles. The Morgan fingerprint density at radius 2 is 1.46 bits per heavy atom. The van der Waals surface area contributed by atoms with Crippen LogP contribution in [-0.4, -0.2) is 79.2 Å². The molecule has 7 nitrogen and oxygen atoms in total. The fourth-order valence-electron chi connectivity index (χ4n) is 4.18. The van der Waals surface area contributed by atoms with Crippen LogP contribution in [0, 0.1) is 11.8 Å². The van der Waals surface area contributed by atoms with Crippen LogP contribution < -0.4 is 10.1 Å². The molecule has 4 unspecified atom stereocenters. The van der Waals surface area contributed by atoms with E-state index in [1.54, 1.807) is 4.90 Å². The minimum absolute atomic E-state index is 0.0238. The number of carbonyl (C=O) groups is 1. The van der Waals surface area contributed by atoms with E-state index in [1.165, 1.54) is 5.56 Å². The fourth-order valence-corrected chi connectivity index (χ4v) is 4.18. The molecule has 0 aliphatic carbocycles. The van der Waals surface area contributed by atoms with Crippen molar-refractivity contribution in [3.8, 4) is 5.75 Å². The molecule has 7 heteroatoms. The molecule has 1 heterocycles. The Labute approximate surface area is 209 Å². The Balaban J connectivity index is 1.34. The second-order valence-electron chi connectivity index (χ2n) is 9.57. The number of carbonyl (C=O) groups excluding carboxylic acids is 1. The Morgan fingerprint density at radius 3 is 2.03 bits per heavy atom. The molecule has 2 aromatic rings. The number of nitrogens with zero attached hydrogens (tertiary/aromatic N) is 1. The van der Waals surface area contributed by atoms with Gasteiger partial charge in [0.15, 0.2) is 6.61 Å². The molecule has 2 aromatic carbocycles. The topological polar surface area (TPSA) is 91.3 Å². The molecule has 3 N–H and O–H groups in total. The first-order valence-electron chi connectivity index (χ1n) is 12.6. The monoisotopic (exact) mass is 484 g/mol. The van der Waals surface area contributed by atoms with Crippen molar-refractivity contribution in [3.05, 3.63) is 65.7 Å². The highest BCUT2D eigenvalue weighted by molar-refractivity contribution is 5.77. The van der Waals surface area contributed by atoms with Gasteiger partial charge in [-0.3, -0.25) is 4.79 Å². The van der Waals surface area contributed by atoms with Gasteiger partial charge in [0, 0.05) is 26.2 Å². The highest BCUT2D eigenvalue weighted by Gasteiger charge is 2.19. The number of rotatable bonds is 13. The molecule has 0 spiro atoms. The summed E-state index contributed by atoms with van der Waals surface area (Å²) >= 11 is 0. The highest BCUT2D eigenvalue weighted by Crippen LogP contribution is 2.17. The summed E-state index contributed by atoms with van der Waals surface area (Å²) in [5, 5.41) is 24.2. The zero-order chi connectivity index (χ0) is 25.0. The number of hydrogen-bond donors (Lipinski definition) is 3. The van der Waals surface area contributed by atoms with Gasteiger partial charge in [-0.15, -0.1) is 0 Å². The number of hydrogen-bond acceptors (Lipinski definition) is 6. The molecule has 1 saturated heterocycles. The summed E-state index contributed by atoms with van der Waals surface area (Å²) in [4.78, 5) is 14.0. The summed E-state index contributed by atoms with van der Waals surface area (Å²) < 4.78 is 10.9. The number of morpholine rings is 1. The third kappa shape index (κ3) is 9.26. The van der Waals surface area contributed by atoms with E-state index in [-0.39, 0.29) is 24.3 Å². The molecule has 35 heavy (non-hydrogen) atoms. The van der Waals surface area contributed by atoms with Crippen LogP contribution in [0.4, 0.5) is 0 Å². The maximum atomic E-state index is 12.2. The molecule has 192 valence electrons. The predicted octanol–water partition coefficient (Wildman–Crippen LogP) is 2.29. The average Bonchev–Trinajstić information content (AvgIpc) is 2.89. The van der Waals surface area contributed by atoms with E-state index in [9.17, 15) is 15.0 Å². The van der Waals surface area contributed by atoms with Gasteiger partial charge in [-0.1, -0.05) is 56.3 Å². The molecule has 0 aromatic heterocycles. The number of aliphatic hydroxyl groups excluding tert-OH is 2. The molecule has 0 bridgehead atoms. The molecule has 4 atom stereocenters. The van der Waals surface area contributed by atoms with Crippen molar-refractivity contribution in [2.24, 2.45) is 11.8 Å². The van der Waals surface area contributed by atoms with E-state index in [2.05, 4.69) is 17.4 Å². The van der Waals surface area contributed by atoms with E-state index in [1.807, 2.05) is 56.3 Å². The van der Waals surface area contributed by atoms with Gasteiger partial charge >= 0.3 is 0 Å². The van der Waals surface area contributed by atoms with E-state index in [4.69, 9.17) is 9.47 Å². The van der Waals surface area contributed by atoms with Gasteiger partial charge in [0.2, 0.25) is 0 Å². The fraction of sp³-hybridized carbons (Fsp3) is 0.536. The van der Waals surface area contributed by atoms with Crippen molar-refractivity contribution in [1.29, 1.82) is 0 Å². The zero-order valence-corrected chi connectivity index (χ0v) is 20.9. The van der Waals surface area contributed by atoms with Crippen LogP contribution in [-0.2, 0) is 22.4 Å².